The number of anilines is 2. The number of hydrogen-bond acceptors (Lipinski definition) is 8. The van der Waals surface area contributed by atoms with E-state index in [-0.39, 0.29) is 23.5 Å². The van der Waals surface area contributed by atoms with Crippen LogP contribution in [0, 0.1) is 18.3 Å². The van der Waals surface area contributed by atoms with Crippen molar-refractivity contribution in [2.24, 2.45) is 7.05 Å². The normalized spacial score (nSPS) is 16.2. The molecule has 2 saturated heterocycles. The first-order chi connectivity index (χ1) is 21.2. The summed E-state index contributed by atoms with van der Waals surface area (Å²) in [6.45, 7) is 5.29. The number of thioether (sulfide) groups is 1. The van der Waals surface area contributed by atoms with Crippen LogP contribution in [0.4, 0.5) is 11.5 Å². The predicted octanol–water partition coefficient (Wildman–Crippen LogP) is 5.69. The van der Waals surface area contributed by atoms with Crippen molar-refractivity contribution in [3.63, 3.8) is 0 Å². The van der Waals surface area contributed by atoms with Gasteiger partial charge in [0.2, 0.25) is 0 Å². The van der Waals surface area contributed by atoms with E-state index in [1.165, 1.54) is 11.8 Å². The Bertz CT molecular complexity index is 1490. The van der Waals surface area contributed by atoms with Crippen LogP contribution in [0.15, 0.2) is 40.0 Å². The minimum absolute atomic E-state index is 0.0859. The predicted molar refractivity (Wildman–Crippen MR) is 181 cm³/mol. The molecule has 2 aromatic rings. The SMILES string of the molecule is Cc1c(/C=C2\SC(=S)N(CCCCCCCCCCC(=O)O)C2=O)c(N2CCN(c3ccccc3)CC2)n(C)c(=O)c1C#N. The average molecular weight is 636 g/mol. The van der Waals surface area contributed by atoms with Crippen molar-refractivity contribution in [2.75, 3.05) is 42.5 Å². The van der Waals surface area contributed by atoms with Crippen molar-refractivity contribution < 1.29 is 14.7 Å². The highest BCUT2D eigenvalue weighted by molar-refractivity contribution is 8.26. The standard InChI is InChI=1S/C33H41N5O4S2/c1-24-26(22-28-32(42)38(33(43)44-28)17-13-8-6-4-3-5-7-12-16-29(39)40)30(35(2)31(41)27(24)23-34)37-20-18-36(19-21-37)25-14-10-9-11-15-25/h9-11,14-15,22H,3-8,12-13,16-21H2,1-2H3,(H,39,40)/b28-22-. The number of amides is 1. The Hall–Kier alpha value is -3.62. The first-order valence-electron chi connectivity index (χ1n) is 15.4. The van der Waals surface area contributed by atoms with Crippen LogP contribution in [-0.4, -0.2) is 63.5 Å². The van der Waals surface area contributed by atoms with Crippen LogP contribution in [0.2, 0.25) is 0 Å². The third-order valence-electron chi connectivity index (χ3n) is 8.34. The Morgan fingerprint density at radius 2 is 1.57 bits per heavy atom. The number of thiocarbonyl (C=S) groups is 1. The van der Waals surface area contributed by atoms with Gasteiger partial charge in [-0.1, -0.05) is 80.7 Å². The Balaban J connectivity index is 1.42. The largest absolute Gasteiger partial charge is 0.481 e. The third-order valence-corrected chi connectivity index (χ3v) is 9.72. The summed E-state index contributed by atoms with van der Waals surface area (Å²) in [5.74, 6) is -0.150. The lowest BCUT2D eigenvalue weighted by molar-refractivity contribution is -0.137. The van der Waals surface area contributed by atoms with Crippen LogP contribution >= 0.6 is 24.0 Å². The van der Waals surface area contributed by atoms with Gasteiger partial charge in [0.1, 0.15) is 21.8 Å². The molecule has 2 aliphatic heterocycles. The van der Waals surface area contributed by atoms with Gasteiger partial charge in [0.05, 0.1) is 4.91 Å². The molecule has 44 heavy (non-hydrogen) atoms. The van der Waals surface area contributed by atoms with Gasteiger partial charge in [-0.25, -0.2) is 0 Å². The average Bonchev–Trinajstić information content (AvgIpc) is 3.29. The highest BCUT2D eigenvalue weighted by Gasteiger charge is 2.33. The third kappa shape index (κ3) is 8.10. The molecule has 234 valence electrons. The number of aromatic nitrogens is 1. The smallest absolute Gasteiger partial charge is 0.303 e. The summed E-state index contributed by atoms with van der Waals surface area (Å²) in [5, 5.41) is 18.5. The molecule has 2 fully saturated rings. The zero-order valence-electron chi connectivity index (χ0n) is 25.6. The summed E-state index contributed by atoms with van der Waals surface area (Å²) >= 11 is 6.87. The molecule has 4 rings (SSSR count). The van der Waals surface area contributed by atoms with E-state index >= 15 is 0 Å². The Labute approximate surface area is 269 Å². The molecule has 1 amide bonds. The molecule has 2 aliphatic rings. The number of benzene rings is 1. The fraction of sp³-hybridized carbons (Fsp3) is 0.485. The van der Waals surface area contributed by atoms with Crippen molar-refractivity contribution in [2.45, 2.75) is 64.7 Å². The van der Waals surface area contributed by atoms with Crippen LogP contribution in [0.25, 0.3) is 6.08 Å². The lowest BCUT2D eigenvalue weighted by atomic mass is 10.0. The summed E-state index contributed by atoms with van der Waals surface area (Å²) in [4.78, 5) is 43.9. The van der Waals surface area contributed by atoms with Gasteiger partial charge in [-0.3, -0.25) is 23.9 Å². The fourth-order valence-corrected chi connectivity index (χ4v) is 7.13. The molecule has 11 heteroatoms. The summed E-state index contributed by atoms with van der Waals surface area (Å²) in [7, 11) is 1.69. The van der Waals surface area contributed by atoms with E-state index in [0.29, 0.717) is 45.8 Å². The molecule has 3 heterocycles. The maximum Gasteiger partial charge on any atom is 0.303 e. The van der Waals surface area contributed by atoms with Crippen LogP contribution in [0.3, 0.4) is 0 Å². The zero-order chi connectivity index (χ0) is 31.6. The van der Waals surface area contributed by atoms with E-state index in [9.17, 15) is 19.6 Å². The van der Waals surface area contributed by atoms with E-state index in [1.807, 2.05) is 24.3 Å². The number of nitriles is 1. The minimum Gasteiger partial charge on any atom is -0.481 e. The summed E-state index contributed by atoms with van der Waals surface area (Å²) in [6, 6.07) is 12.3. The molecule has 0 atom stereocenters. The summed E-state index contributed by atoms with van der Waals surface area (Å²) in [6.07, 6.45) is 9.91. The van der Waals surface area contributed by atoms with Gasteiger partial charge in [0, 0.05) is 57.4 Å². The highest BCUT2D eigenvalue weighted by atomic mass is 32.2. The van der Waals surface area contributed by atoms with Crippen molar-refractivity contribution >= 4 is 57.8 Å². The number of pyridine rings is 1. The number of rotatable bonds is 14. The zero-order valence-corrected chi connectivity index (χ0v) is 27.2. The number of nitrogens with zero attached hydrogens (tertiary/aromatic N) is 5. The van der Waals surface area contributed by atoms with Crippen LogP contribution in [-0.2, 0) is 16.6 Å². The number of piperazine rings is 1. The second kappa shape index (κ2) is 15.9. The number of carbonyl (C=O) groups excluding carboxylic acids is 1. The Morgan fingerprint density at radius 1 is 0.977 bits per heavy atom. The molecule has 1 N–H and O–H groups in total. The number of carboxylic acids is 1. The number of hydrogen-bond donors (Lipinski definition) is 1. The van der Waals surface area contributed by atoms with Crippen LogP contribution in [0.5, 0.6) is 0 Å². The molecule has 0 saturated carbocycles. The second-order valence-electron chi connectivity index (χ2n) is 11.3. The van der Waals surface area contributed by atoms with Gasteiger partial charge in [0.25, 0.3) is 11.5 Å². The number of para-hydroxylation sites is 1. The number of aliphatic carboxylic acids is 1. The molecule has 1 aromatic heterocycles. The monoisotopic (exact) mass is 635 g/mol. The molecule has 0 radical (unpaired) electrons. The van der Waals surface area contributed by atoms with Gasteiger partial charge >= 0.3 is 5.97 Å². The second-order valence-corrected chi connectivity index (χ2v) is 13.0. The van der Waals surface area contributed by atoms with E-state index < -0.39 is 5.97 Å². The number of carbonyl (C=O) groups is 2. The number of carboxylic acid groups (broad SMARTS) is 1. The van der Waals surface area contributed by atoms with E-state index in [2.05, 4.69) is 28.0 Å². The van der Waals surface area contributed by atoms with E-state index in [0.717, 1.165) is 70.1 Å². The first-order valence-corrected chi connectivity index (χ1v) is 16.6. The molecule has 0 bridgehead atoms. The fourth-order valence-electron chi connectivity index (χ4n) is 5.84. The minimum atomic E-state index is -0.731. The molecule has 0 aliphatic carbocycles. The topological polar surface area (TPSA) is 110 Å². The quantitative estimate of drug-likeness (QED) is 0.159. The molecule has 9 nitrogen and oxygen atoms in total. The lowest BCUT2D eigenvalue weighted by Crippen LogP contribution is -2.48. The van der Waals surface area contributed by atoms with Crippen molar-refractivity contribution in [3.05, 3.63) is 62.3 Å². The van der Waals surface area contributed by atoms with Gasteiger partial charge < -0.3 is 14.9 Å². The molecular formula is C33H41N5O4S2. The summed E-state index contributed by atoms with van der Waals surface area (Å²) < 4.78 is 2.07. The molecular weight excluding hydrogens is 595 g/mol. The van der Waals surface area contributed by atoms with Gasteiger partial charge in [-0.05, 0) is 43.5 Å². The van der Waals surface area contributed by atoms with Gasteiger partial charge in [-0.2, -0.15) is 5.26 Å². The molecule has 0 unspecified atom stereocenters. The Kier molecular flexibility index (Phi) is 12.0. The highest BCUT2D eigenvalue weighted by Crippen LogP contribution is 2.36. The van der Waals surface area contributed by atoms with Crippen molar-refractivity contribution in [3.8, 4) is 6.07 Å². The van der Waals surface area contributed by atoms with Crippen LogP contribution in [0.1, 0.15) is 74.5 Å². The van der Waals surface area contributed by atoms with Gasteiger partial charge in [-0.15, -0.1) is 0 Å². The molecule has 1 aromatic carbocycles. The summed E-state index contributed by atoms with van der Waals surface area (Å²) in [5.41, 5.74) is 2.19. The maximum absolute atomic E-state index is 13.5. The number of unbranched alkanes of at least 4 members (excludes halogenated alkanes) is 7. The van der Waals surface area contributed by atoms with E-state index in [4.69, 9.17) is 17.3 Å². The Morgan fingerprint density at radius 3 is 2.18 bits per heavy atom. The van der Waals surface area contributed by atoms with E-state index in [1.54, 1.807) is 23.4 Å². The van der Waals surface area contributed by atoms with Crippen LogP contribution < -0.4 is 15.4 Å². The first kappa shape index (κ1) is 33.3. The van der Waals surface area contributed by atoms with Crippen molar-refractivity contribution in [1.29, 1.82) is 5.26 Å². The van der Waals surface area contributed by atoms with Gasteiger partial charge in [0.15, 0.2) is 0 Å². The van der Waals surface area contributed by atoms with Crippen molar-refractivity contribution in [1.82, 2.24) is 9.47 Å². The molecule has 0 spiro atoms. The maximum atomic E-state index is 13.5. The lowest BCUT2D eigenvalue weighted by Gasteiger charge is -2.38.